The molecule has 1 saturated heterocycles. The van der Waals surface area contributed by atoms with Gasteiger partial charge in [-0.1, -0.05) is 80.0 Å². The molecule has 1 amide bonds. The highest BCUT2D eigenvalue weighted by Gasteiger charge is 2.32. The summed E-state index contributed by atoms with van der Waals surface area (Å²) >= 11 is 7.71. The number of rotatable bonds is 9. The number of β-amino-alcohol motifs (C(OH)–C–C–N with tert-alkyl or cyclic N) is 1. The molecule has 4 aromatic rings. The Balaban J connectivity index is 1.31. The van der Waals surface area contributed by atoms with Crippen molar-refractivity contribution in [1.29, 1.82) is 0 Å². The normalized spacial score (nSPS) is 17.5. The third-order valence-corrected chi connectivity index (χ3v) is 8.82. The summed E-state index contributed by atoms with van der Waals surface area (Å²) in [4.78, 5) is 27.9. The van der Waals surface area contributed by atoms with Crippen LogP contribution < -0.4 is 4.72 Å². The first-order chi connectivity index (χ1) is 21.2. The molecule has 0 aliphatic carbocycles. The molecule has 1 fully saturated rings. The number of aryl methyl sites for hydroxylation is 2. The molecule has 1 unspecified atom stereocenters. The highest BCUT2D eigenvalue weighted by Crippen LogP contribution is 2.30. The molecule has 1 aliphatic heterocycles. The van der Waals surface area contributed by atoms with E-state index >= 15 is 0 Å². The Kier molecular flexibility index (Phi) is 10.6. The zero-order valence-electron chi connectivity index (χ0n) is 25.7. The van der Waals surface area contributed by atoms with Gasteiger partial charge >= 0.3 is 0 Å². The molecular formula is C35H40ClN5O2S. The second kappa shape index (κ2) is 14.6. The monoisotopic (exact) mass is 629 g/mol. The van der Waals surface area contributed by atoms with E-state index in [1.807, 2.05) is 53.4 Å². The average Bonchev–Trinajstić information content (AvgIpc) is 3.13. The fourth-order valence-corrected chi connectivity index (χ4v) is 6.73. The summed E-state index contributed by atoms with van der Waals surface area (Å²) in [5.74, 6) is 0.765. The molecule has 0 saturated carbocycles. The summed E-state index contributed by atoms with van der Waals surface area (Å²) in [5.41, 5.74) is 5.80. The lowest BCUT2D eigenvalue weighted by atomic mass is 10.00. The van der Waals surface area contributed by atoms with Crippen molar-refractivity contribution in [3.05, 3.63) is 106 Å². The van der Waals surface area contributed by atoms with Crippen molar-refractivity contribution < 1.29 is 9.90 Å². The van der Waals surface area contributed by atoms with Gasteiger partial charge in [0.15, 0.2) is 0 Å². The maximum Gasteiger partial charge on any atom is 0.254 e. The van der Waals surface area contributed by atoms with Crippen LogP contribution in [0.15, 0.2) is 83.8 Å². The zero-order chi connectivity index (χ0) is 31.2. The van der Waals surface area contributed by atoms with Gasteiger partial charge in [-0.2, -0.15) is 0 Å². The number of carbonyl (C=O) groups is 1. The largest absolute Gasteiger partial charge is 0.390 e. The Morgan fingerprint density at radius 2 is 1.70 bits per heavy atom. The molecule has 1 aliphatic rings. The molecule has 1 aromatic heterocycles. The maximum absolute atomic E-state index is 13.9. The van der Waals surface area contributed by atoms with E-state index in [2.05, 4.69) is 66.6 Å². The number of nitrogens with one attached hydrogen (secondary N) is 1. The lowest BCUT2D eigenvalue weighted by Crippen LogP contribution is -2.43. The Hall–Kier alpha value is -3.43. The van der Waals surface area contributed by atoms with Gasteiger partial charge in [0.25, 0.3) is 5.91 Å². The van der Waals surface area contributed by atoms with Crippen LogP contribution in [0.5, 0.6) is 0 Å². The molecule has 2 atom stereocenters. The summed E-state index contributed by atoms with van der Waals surface area (Å²) < 4.78 is 3.21. The number of aliphatic hydroxyl groups excluding tert-OH is 1. The number of aromatic nitrogens is 2. The molecular weight excluding hydrogens is 590 g/mol. The molecule has 9 heteroatoms. The van der Waals surface area contributed by atoms with Crippen LogP contribution in [0.2, 0.25) is 5.15 Å². The minimum atomic E-state index is -0.634. The summed E-state index contributed by atoms with van der Waals surface area (Å²) in [6.07, 6.45) is 0.303. The van der Waals surface area contributed by atoms with Crippen molar-refractivity contribution in [2.45, 2.75) is 57.7 Å². The Labute approximate surface area is 269 Å². The van der Waals surface area contributed by atoms with E-state index in [1.54, 1.807) is 6.07 Å². The third-order valence-electron chi connectivity index (χ3n) is 7.86. The van der Waals surface area contributed by atoms with Gasteiger partial charge in [0.05, 0.1) is 11.8 Å². The van der Waals surface area contributed by atoms with E-state index in [0.29, 0.717) is 42.2 Å². The lowest BCUT2D eigenvalue weighted by molar-refractivity contribution is 0.0660. The van der Waals surface area contributed by atoms with Gasteiger partial charge in [0.1, 0.15) is 5.15 Å². The Morgan fingerprint density at radius 3 is 2.43 bits per heavy atom. The first-order valence-electron chi connectivity index (χ1n) is 15.1. The van der Waals surface area contributed by atoms with Gasteiger partial charge in [0.2, 0.25) is 5.95 Å². The summed E-state index contributed by atoms with van der Waals surface area (Å²) in [5, 5.41) is 11.4. The number of carbonyl (C=O) groups excluding carboxylic acids is 1. The van der Waals surface area contributed by atoms with Crippen molar-refractivity contribution >= 4 is 35.4 Å². The van der Waals surface area contributed by atoms with Crippen LogP contribution in [0, 0.1) is 19.8 Å². The molecule has 44 heavy (non-hydrogen) atoms. The minimum Gasteiger partial charge on any atom is -0.390 e. The quantitative estimate of drug-likeness (QED) is 0.149. The fourth-order valence-electron chi connectivity index (χ4n) is 5.91. The SMILES string of the molecule is Cc1cccc(C)c1-c1cc(Cl)nc(NSc2cccc(C(=O)N3CC(O)CN(Cc4ccccc4)[C@@H](CC(C)C)C3)c2)n1. The zero-order valence-corrected chi connectivity index (χ0v) is 27.3. The Morgan fingerprint density at radius 1 is 0.977 bits per heavy atom. The van der Waals surface area contributed by atoms with E-state index < -0.39 is 6.10 Å². The van der Waals surface area contributed by atoms with Gasteiger partial charge in [-0.3, -0.25) is 14.4 Å². The molecule has 0 radical (unpaired) electrons. The number of amides is 1. The molecule has 7 nitrogen and oxygen atoms in total. The first kappa shape index (κ1) is 32.0. The first-order valence-corrected chi connectivity index (χ1v) is 16.2. The summed E-state index contributed by atoms with van der Waals surface area (Å²) in [6.45, 7) is 10.6. The molecule has 2 heterocycles. The van der Waals surface area contributed by atoms with Gasteiger partial charge in [-0.25, -0.2) is 9.97 Å². The van der Waals surface area contributed by atoms with Crippen molar-refractivity contribution in [3.63, 3.8) is 0 Å². The highest BCUT2D eigenvalue weighted by atomic mass is 35.5. The molecule has 5 rings (SSSR count). The standard InChI is InChI=1S/C35H40ClN5O2S/c1-23(2)16-28-20-41(22-29(42)21-40(28)19-26-12-6-5-7-13-26)34(43)27-14-9-15-30(17-27)44-39-35-37-31(18-32(36)38-35)33-24(3)10-8-11-25(33)4/h5-15,17-18,23,28-29,42H,16,19-22H2,1-4H3,(H,37,38,39)/t28-,29?/m0/s1. The second-order valence-electron chi connectivity index (χ2n) is 12.0. The van der Waals surface area contributed by atoms with Crippen LogP contribution in [-0.2, 0) is 6.54 Å². The molecule has 0 spiro atoms. The fraction of sp³-hybridized carbons (Fsp3) is 0.343. The van der Waals surface area contributed by atoms with Gasteiger partial charge in [-0.15, -0.1) is 0 Å². The van der Waals surface area contributed by atoms with Gasteiger partial charge in [-0.05, 0) is 73.0 Å². The van der Waals surface area contributed by atoms with E-state index in [9.17, 15) is 9.90 Å². The molecule has 0 bridgehead atoms. The molecule has 2 N–H and O–H groups in total. The van der Waals surface area contributed by atoms with E-state index in [0.717, 1.165) is 40.2 Å². The lowest BCUT2D eigenvalue weighted by Gasteiger charge is -2.33. The maximum atomic E-state index is 13.9. The second-order valence-corrected chi connectivity index (χ2v) is 13.2. The third kappa shape index (κ3) is 8.18. The van der Waals surface area contributed by atoms with E-state index in [4.69, 9.17) is 16.6 Å². The number of aliphatic hydroxyl groups is 1. The average molecular weight is 630 g/mol. The van der Waals surface area contributed by atoms with Crippen LogP contribution in [-0.4, -0.2) is 62.6 Å². The van der Waals surface area contributed by atoms with Gasteiger partial charge < -0.3 is 10.0 Å². The van der Waals surface area contributed by atoms with Crippen LogP contribution in [0.4, 0.5) is 5.95 Å². The van der Waals surface area contributed by atoms with Crippen molar-refractivity contribution in [2.75, 3.05) is 24.4 Å². The van der Waals surface area contributed by atoms with Gasteiger partial charge in [0, 0.05) is 54.3 Å². The number of hydrogen-bond acceptors (Lipinski definition) is 7. The van der Waals surface area contributed by atoms with Crippen LogP contribution in [0.1, 0.15) is 47.3 Å². The highest BCUT2D eigenvalue weighted by molar-refractivity contribution is 8.00. The summed E-state index contributed by atoms with van der Waals surface area (Å²) in [6, 6.07) is 25.9. The number of anilines is 1. The van der Waals surface area contributed by atoms with E-state index in [-0.39, 0.29) is 11.9 Å². The minimum absolute atomic E-state index is 0.0851. The predicted molar refractivity (Wildman–Crippen MR) is 180 cm³/mol. The van der Waals surface area contributed by atoms with E-state index in [1.165, 1.54) is 17.5 Å². The van der Waals surface area contributed by atoms with Crippen molar-refractivity contribution in [3.8, 4) is 11.3 Å². The van der Waals surface area contributed by atoms with Crippen molar-refractivity contribution in [2.24, 2.45) is 5.92 Å². The molecule has 3 aromatic carbocycles. The van der Waals surface area contributed by atoms with Crippen LogP contribution in [0.25, 0.3) is 11.3 Å². The number of halogens is 1. The number of hydrogen-bond donors (Lipinski definition) is 2. The van der Waals surface area contributed by atoms with Crippen LogP contribution >= 0.6 is 23.5 Å². The van der Waals surface area contributed by atoms with Crippen molar-refractivity contribution in [1.82, 2.24) is 19.8 Å². The smallest absolute Gasteiger partial charge is 0.254 e. The Bertz CT molecular complexity index is 1560. The summed E-state index contributed by atoms with van der Waals surface area (Å²) in [7, 11) is 0. The predicted octanol–water partition coefficient (Wildman–Crippen LogP) is 7.27. The number of nitrogens with zero attached hydrogens (tertiary/aromatic N) is 4. The molecule has 230 valence electrons. The topological polar surface area (TPSA) is 81.6 Å². The van der Waals surface area contributed by atoms with Crippen LogP contribution in [0.3, 0.4) is 0 Å². The number of benzene rings is 3.